The van der Waals surface area contributed by atoms with Crippen LogP contribution in [0.2, 0.25) is 5.02 Å². The Morgan fingerprint density at radius 3 is 2.67 bits per heavy atom. The van der Waals surface area contributed by atoms with Crippen molar-refractivity contribution < 1.29 is 4.74 Å². The van der Waals surface area contributed by atoms with Gasteiger partial charge in [-0.25, -0.2) is 0 Å². The summed E-state index contributed by atoms with van der Waals surface area (Å²) in [5, 5.41) is 4.09. The number of nitrogens with one attached hydrogen (secondary N) is 1. The van der Waals surface area contributed by atoms with E-state index in [1.54, 1.807) is 7.11 Å². The van der Waals surface area contributed by atoms with E-state index < -0.39 is 0 Å². The van der Waals surface area contributed by atoms with Crippen LogP contribution in [0, 0.1) is 0 Å². The van der Waals surface area contributed by atoms with Crippen LogP contribution in [-0.4, -0.2) is 14.2 Å². The number of rotatable bonds is 6. The van der Waals surface area contributed by atoms with E-state index in [4.69, 9.17) is 16.3 Å². The average molecular weight is 304 g/mol. The van der Waals surface area contributed by atoms with Gasteiger partial charge in [0.2, 0.25) is 0 Å². The molecule has 0 aliphatic carbocycles. The summed E-state index contributed by atoms with van der Waals surface area (Å²) in [6.07, 6.45) is 2.24. The number of methoxy groups -OCH3 is 1. The molecule has 0 heterocycles. The van der Waals surface area contributed by atoms with Crippen LogP contribution in [0.1, 0.15) is 36.1 Å². The SMILES string of the molecule is CCCc1cccc(C(NC)c2cc(Cl)ccc2OC)c1. The molecule has 0 aliphatic heterocycles. The fourth-order valence-corrected chi connectivity index (χ4v) is 2.83. The van der Waals surface area contributed by atoms with E-state index in [9.17, 15) is 0 Å². The Morgan fingerprint density at radius 2 is 2.00 bits per heavy atom. The predicted molar refractivity (Wildman–Crippen MR) is 89.3 cm³/mol. The van der Waals surface area contributed by atoms with E-state index in [1.165, 1.54) is 11.1 Å². The zero-order chi connectivity index (χ0) is 15.2. The lowest BCUT2D eigenvalue weighted by Crippen LogP contribution is -2.18. The molecular weight excluding hydrogens is 282 g/mol. The lowest BCUT2D eigenvalue weighted by molar-refractivity contribution is 0.405. The van der Waals surface area contributed by atoms with E-state index in [2.05, 4.69) is 36.5 Å². The quantitative estimate of drug-likeness (QED) is 0.841. The van der Waals surface area contributed by atoms with E-state index in [0.29, 0.717) is 0 Å². The molecule has 0 saturated heterocycles. The topological polar surface area (TPSA) is 21.3 Å². The van der Waals surface area contributed by atoms with Crippen molar-refractivity contribution in [1.82, 2.24) is 5.32 Å². The smallest absolute Gasteiger partial charge is 0.124 e. The van der Waals surface area contributed by atoms with Gasteiger partial charge in [0.15, 0.2) is 0 Å². The highest BCUT2D eigenvalue weighted by atomic mass is 35.5. The summed E-state index contributed by atoms with van der Waals surface area (Å²) in [6, 6.07) is 14.5. The molecule has 2 rings (SSSR count). The average Bonchev–Trinajstić information content (AvgIpc) is 2.49. The van der Waals surface area contributed by atoms with Crippen molar-refractivity contribution in [3.8, 4) is 5.75 Å². The standard InChI is InChI=1S/C18H22ClNO/c1-4-6-13-7-5-8-14(11-13)18(20-2)16-12-15(19)9-10-17(16)21-3/h5,7-12,18,20H,4,6H2,1-3H3. The number of halogens is 1. The van der Waals surface area contributed by atoms with Gasteiger partial charge in [0.05, 0.1) is 13.2 Å². The fourth-order valence-electron chi connectivity index (χ4n) is 2.65. The number of benzene rings is 2. The van der Waals surface area contributed by atoms with Gasteiger partial charge in [-0.3, -0.25) is 0 Å². The van der Waals surface area contributed by atoms with Crippen LogP contribution in [0.15, 0.2) is 42.5 Å². The molecule has 0 aromatic heterocycles. The number of hydrogen-bond acceptors (Lipinski definition) is 2. The first-order chi connectivity index (χ1) is 10.2. The van der Waals surface area contributed by atoms with Crippen LogP contribution in [0.25, 0.3) is 0 Å². The third-order valence-electron chi connectivity index (χ3n) is 3.61. The molecule has 0 fully saturated rings. The van der Waals surface area contributed by atoms with Crippen LogP contribution in [0.3, 0.4) is 0 Å². The number of hydrogen-bond donors (Lipinski definition) is 1. The monoisotopic (exact) mass is 303 g/mol. The van der Waals surface area contributed by atoms with E-state index in [-0.39, 0.29) is 6.04 Å². The summed E-state index contributed by atoms with van der Waals surface area (Å²) in [6.45, 7) is 2.20. The van der Waals surface area contributed by atoms with Crippen molar-refractivity contribution in [1.29, 1.82) is 0 Å². The fraction of sp³-hybridized carbons (Fsp3) is 0.333. The minimum atomic E-state index is 0.0652. The minimum absolute atomic E-state index is 0.0652. The molecule has 2 aromatic carbocycles. The van der Waals surface area contributed by atoms with Gasteiger partial charge < -0.3 is 10.1 Å². The molecule has 0 bridgehead atoms. The van der Waals surface area contributed by atoms with E-state index in [0.717, 1.165) is 29.2 Å². The highest BCUT2D eigenvalue weighted by Gasteiger charge is 2.17. The van der Waals surface area contributed by atoms with Crippen LogP contribution >= 0.6 is 11.6 Å². The third-order valence-corrected chi connectivity index (χ3v) is 3.85. The molecule has 1 N–H and O–H groups in total. The molecule has 21 heavy (non-hydrogen) atoms. The molecule has 2 aromatic rings. The van der Waals surface area contributed by atoms with Gasteiger partial charge in [-0.2, -0.15) is 0 Å². The molecule has 1 unspecified atom stereocenters. The Kier molecular flexibility index (Phi) is 5.66. The highest BCUT2D eigenvalue weighted by Crippen LogP contribution is 2.32. The molecule has 112 valence electrons. The third kappa shape index (κ3) is 3.78. The maximum atomic E-state index is 6.16. The van der Waals surface area contributed by atoms with Crippen molar-refractivity contribution in [3.63, 3.8) is 0 Å². The van der Waals surface area contributed by atoms with Gasteiger partial charge in [-0.1, -0.05) is 49.2 Å². The van der Waals surface area contributed by atoms with Gasteiger partial charge in [0.1, 0.15) is 5.75 Å². The summed E-state index contributed by atoms with van der Waals surface area (Å²) < 4.78 is 5.48. The van der Waals surface area contributed by atoms with Crippen molar-refractivity contribution in [2.45, 2.75) is 25.8 Å². The van der Waals surface area contributed by atoms with Gasteiger partial charge in [0.25, 0.3) is 0 Å². The van der Waals surface area contributed by atoms with Crippen molar-refractivity contribution in [2.75, 3.05) is 14.2 Å². The second kappa shape index (κ2) is 7.48. The maximum Gasteiger partial charge on any atom is 0.124 e. The first-order valence-electron chi connectivity index (χ1n) is 7.29. The Balaban J connectivity index is 2.44. The van der Waals surface area contributed by atoms with E-state index >= 15 is 0 Å². The van der Waals surface area contributed by atoms with Crippen LogP contribution in [0.4, 0.5) is 0 Å². The molecule has 0 spiro atoms. The van der Waals surface area contributed by atoms with Crippen LogP contribution in [0.5, 0.6) is 5.75 Å². The summed E-state index contributed by atoms with van der Waals surface area (Å²) in [5.41, 5.74) is 3.64. The first kappa shape index (κ1) is 15.9. The van der Waals surface area contributed by atoms with Crippen molar-refractivity contribution in [3.05, 3.63) is 64.2 Å². The van der Waals surface area contributed by atoms with Gasteiger partial charge in [0, 0.05) is 10.6 Å². The Labute approximate surface area is 132 Å². The van der Waals surface area contributed by atoms with E-state index in [1.807, 2.05) is 25.2 Å². The van der Waals surface area contributed by atoms with Crippen molar-refractivity contribution >= 4 is 11.6 Å². The van der Waals surface area contributed by atoms with Gasteiger partial charge in [-0.15, -0.1) is 0 Å². The summed E-state index contributed by atoms with van der Waals surface area (Å²) in [4.78, 5) is 0. The summed E-state index contributed by atoms with van der Waals surface area (Å²) in [5.74, 6) is 0.847. The number of ether oxygens (including phenoxy) is 1. The number of aryl methyl sites for hydroxylation is 1. The molecule has 3 heteroatoms. The normalized spacial score (nSPS) is 12.2. The Hall–Kier alpha value is -1.51. The zero-order valence-electron chi connectivity index (χ0n) is 12.8. The van der Waals surface area contributed by atoms with Gasteiger partial charge in [-0.05, 0) is 42.8 Å². The zero-order valence-corrected chi connectivity index (χ0v) is 13.6. The molecule has 0 aliphatic rings. The summed E-state index contributed by atoms with van der Waals surface area (Å²) >= 11 is 6.16. The van der Waals surface area contributed by atoms with Gasteiger partial charge >= 0.3 is 0 Å². The predicted octanol–water partition coefficient (Wildman–Crippen LogP) is 4.61. The minimum Gasteiger partial charge on any atom is -0.496 e. The lowest BCUT2D eigenvalue weighted by Gasteiger charge is -2.21. The maximum absolute atomic E-state index is 6.16. The lowest BCUT2D eigenvalue weighted by atomic mass is 9.95. The molecule has 1 atom stereocenters. The molecule has 0 saturated carbocycles. The second-order valence-corrected chi connectivity index (χ2v) is 5.54. The second-order valence-electron chi connectivity index (χ2n) is 5.10. The molecular formula is C18H22ClNO. The van der Waals surface area contributed by atoms with Crippen LogP contribution < -0.4 is 10.1 Å². The van der Waals surface area contributed by atoms with Crippen molar-refractivity contribution in [2.24, 2.45) is 0 Å². The molecule has 0 amide bonds. The molecule has 0 radical (unpaired) electrons. The Morgan fingerprint density at radius 1 is 1.19 bits per heavy atom. The molecule has 2 nitrogen and oxygen atoms in total. The first-order valence-corrected chi connectivity index (χ1v) is 7.67. The van der Waals surface area contributed by atoms with Crippen LogP contribution in [-0.2, 0) is 6.42 Å². The highest BCUT2D eigenvalue weighted by molar-refractivity contribution is 6.30. The Bertz CT molecular complexity index is 598. The summed E-state index contributed by atoms with van der Waals surface area (Å²) in [7, 11) is 3.64. The largest absolute Gasteiger partial charge is 0.496 e.